The molecule has 1 N–H and O–H groups in total. The van der Waals surface area contributed by atoms with E-state index in [1.54, 1.807) is 14.2 Å². The largest absolute Gasteiger partial charge is 0.496 e. The molecule has 0 aliphatic heterocycles. The van der Waals surface area contributed by atoms with Gasteiger partial charge in [0.15, 0.2) is 0 Å². The van der Waals surface area contributed by atoms with Gasteiger partial charge in [-0.1, -0.05) is 24.3 Å². The summed E-state index contributed by atoms with van der Waals surface area (Å²) in [6, 6.07) is 11.9. The topological polar surface area (TPSA) is 41.6 Å². The van der Waals surface area contributed by atoms with E-state index >= 15 is 0 Å². The highest BCUT2D eigenvalue weighted by atomic mass is 19.4. The molecule has 0 spiro atoms. The van der Waals surface area contributed by atoms with Crippen LogP contribution in [0.1, 0.15) is 24.1 Å². The highest BCUT2D eigenvalue weighted by Gasteiger charge is 2.30. The lowest BCUT2D eigenvalue weighted by Gasteiger charge is -2.27. The van der Waals surface area contributed by atoms with E-state index in [4.69, 9.17) is 4.74 Å². The Balaban J connectivity index is 2.03. The summed E-state index contributed by atoms with van der Waals surface area (Å²) < 4.78 is 43.5. The maximum absolute atomic E-state index is 12.7. The maximum Gasteiger partial charge on any atom is 0.416 e. The Hall–Kier alpha value is -2.70. The molecule has 0 saturated heterocycles. The molecular formula is C19H21F3N2O2. The predicted molar refractivity (Wildman–Crippen MR) is 94.1 cm³/mol. The number of carbonyl (C=O) groups is 1. The first-order valence-corrected chi connectivity index (χ1v) is 8.03. The van der Waals surface area contributed by atoms with E-state index in [9.17, 15) is 18.0 Å². The van der Waals surface area contributed by atoms with Gasteiger partial charge >= 0.3 is 6.18 Å². The van der Waals surface area contributed by atoms with Crippen molar-refractivity contribution >= 4 is 11.6 Å². The smallest absolute Gasteiger partial charge is 0.416 e. The first kappa shape index (κ1) is 19.6. The van der Waals surface area contributed by atoms with E-state index in [2.05, 4.69) is 5.32 Å². The molecule has 0 radical (unpaired) electrons. The van der Waals surface area contributed by atoms with Crippen molar-refractivity contribution in [2.45, 2.75) is 19.1 Å². The van der Waals surface area contributed by atoms with Crippen LogP contribution in [0.3, 0.4) is 0 Å². The van der Waals surface area contributed by atoms with Crippen LogP contribution in [0.4, 0.5) is 18.9 Å². The van der Waals surface area contributed by atoms with E-state index in [1.165, 1.54) is 17.0 Å². The lowest BCUT2D eigenvalue weighted by atomic mass is 10.1. The Morgan fingerprint density at radius 3 is 2.54 bits per heavy atom. The van der Waals surface area contributed by atoms with Gasteiger partial charge in [-0.2, -0.15) is 13.2 Å². The minimum Gasteiger partial charge on any atom is -0.496 e. The number of hydrogen-bond donors (Lipinski definition) is 1. The summed E-state index contributed by atoms with van der Waals surface area (Å²) in [7, 11) is 3.20. The minimum absolute atomic E-state index is 0.114. The molecule has 2 rings (SSSR count). The van der Waals surface area contributed by atoms with Gasteiger partial charge in [0.25, 0.3) is 0 Å². The molecule has 7 heteroatoms. The fourth-order valence-electron chi connectivity index (χ4n) is 2.54. The summed E-state index contributed by atoms with van der Waals surface area (Å²) in [4.78, 5) is 13.9. The van der Waals surface area contributed by atoms with Crippen molar-refractivity contribution in [1.29, 1.82) is 0 Å². The molecule has 1 amide bonds. The summed E-state index contributed by atoms with van der Waals surface area (Å²) in [5.41, 5.74) is 0.335. The van der Waals surface area contributed by atoms with E-state index in [0.717, 1.165) is 17.7 Å². The zero-order valence-electron chi connectivity index (χ0n) is 14.8. The number of methoxy groups -OCH3 is 1. The van der Waals surface area contributed by atoms with E-state index in [-0.39, 0.29) is 24.2 Å². The third-order valence-corrected chi connectivity index (χ3v) is 4.20. The monoisotopic (exact) mass is 366 g/mol. The Labute approximate surface area is 150 Å². The number of halogens is 3. The minimum atomic E-state index is -4.42. The first-order chi connectivity index (χ1) is 12.2. The summed E-state index contributed by atoms with van der Waals surface area (Å²) >= 11 is 0. The van der Waals surface area contributed by atoms with Gasteiger partial charge in [-0.05, 0) is 31.2 Å². The highest BCUT2D eigenvalue weighted by molar-refractivity contribution is 5.81. The SMILES string of the molecule is COc1ccccc1C(C)N(C)C(=O)CNc1cccc(C(F)(F)F)c1. The van der Waals surface area contributed by atoms with Gasteiger partial charge < -0.3 is 15.0 Å². The van der Waals surface area contributed by atoms with Crippen molar-refractivity contribution in [3.8, 4) is 5.75 Å². The zero-order valence-corrected chi connectivity index (χ0v) is 14.8. The van der Waals surface area contributed by atoms with Crippen LogP contribution < -0.4 is 10.1 Å². The second-order valence-electron chi connectivity index (χ2n) is 5.85. The highest BCUT2D eigenvalue weighted by Crippen LogP contribution is 2.31. The van der Waals surface area contributed by atoms with Crippen molar-refractivity contribution in [3.05, 3.63) is 59.7 Å². The van der Waals surface area contributed by atoms with Gasteiger partial charge in [-0.15, -0.1) is 0 Å². The molecule has 0 fully saturated rings. The fourth-order valence-corrected chi connectivity index (χ4v) is 2.54. The van der Waals surface area contributed by atoms with Gasteiger partial charge in [-0.3, -0.25) is 4.79 Å². The Morgan fingerprint density at radius 2 is 1.88 bits per heavy atom. The van der Waals surface area contributed by atoms with Crippen LogP contribution in [0.5, 0.6) is 5.75 Å². The van der Waals surface area contributed by atoms with E-state index in [0.29, 0.717) is 5.75 Å². The summed E-state index contributed by atoms with van der Waals surface area (Å²) in [5, 5.41) is 2.75. The molecule has 26 heavy (non-hydrogen) atoms. The average molecular weight is 366 g/mol. The lowest BCUT2D eigenvalue weighted by molar-refractivity contribution is -0.137. The van der Waals surface area contributed by atoms with Crippen LogP contribution in [0.15, 0.2) is 48.5 Å². The summed E-state index contributed by atoms with van der Waals surface area (Å²) in [6.07, 6.45) is -4.42. The number of benzene rings is 2. The quantitative estimate of drug-likeness (QED) is 0.827. The van der Waals surface area contributed by atoms with E-state index in [1.807, 2.05) is 31.2 Å². The number of nitrogens with zero attached hydrogens (tertiary/aromatic N) is 1. The molecule has 0 bridgehead atoms. The summed E-state index contributed by atoms with van der Waals surface area (Å²) in [5.74, 6) is 0.423. The van der Waals surface area contributed by atoms with Crippen molar-refractivity contribution in [2.24, 2.45) is 0 Å². The zero-order chi connectivity index (χ0) is 19.3. The van der Waals surface area contributed by atoms with Crippen molar-refractivity contribution in [2.75, 3.05) is 26.0 Å². The van der Waals surface area contributed by atoms with Crippen LogP contribution in [0.2, 0.25) is 0 Å². The number of alkyl halides is 3. The molecule has 1 unspecified atom stereocenters. The second-order valence-corrected chi connectivity index (χ2v) is 5.85. The number of amides is 1. The third-order valence-electron chi connectivity index (χ3n) is 4.20. The lowest BCUT2D eigenvalue weighted by Crippen LogP contribution is -2.34. The molecule has 0 aliphatic carbocycles. The van der Waals surface area contributed by atoms with Gasteiger partial charge in [-0.25, -0.2) is 0 Å². The fraction of sp³-hybridized carbons (Fsp3) is 0.316. The normalized spacial score (nSPS) is 12.4. The molecule has 2 aromatic carbocycles. The van der Waals surface area contributed by atoms with Crippen molar-refractivity contribution < 1.29 is 22.7 Å². The molecule has 4 nitrogen and oxygen atoms in total. The Kier molecular flexibility index (Phi) is 6.13. The van der Waals surface area contributed by atoms with Crippen molar-refractivity contribution in [1.82, 2.24) is 4.90 Å². The number of para-hydroxylation sites is 1. The third kappa shape index (κ3) is 4.68. The number of rotatable bonds is 6. The molecule has 1 atom stereocenters. The second kappa shape index (κ2) is 8.12. The van der Waals surface area contributed by atoms with Gasteiger partial charge in [0.05, 0.1) is 25.3 Å². The van der Waals surface area contributed by atoms with Crippen LogP contribution in [-0.4, -0.2) is 31.5 Å². The number of likely N-dealkylation sites (N-methyl/N-ethyl adjacent to an activating group) is 1. The van der Waals surface area contributed by atoms with Crippen LogP contribution >= 0.6 is 0 Å². The number of hydrogen-bond acceptors (Lipinski definition) is 3. The van der Waals surface area contributed by atoms with Crippen LogP contribution in [-0.2, 0) is 11.0 Å². The summed E-state index contributed by atoms with van der Waals surface area (Å²) in [6.45, 7) is 1.75. The predicted octanol–water partition coefficient (Wildman–Crippen LogP) is 4.35. The molecular weight excluding hydrogens is 345 g/mol. The molecule has 0 aliphatic rings. The molecule has 140 valence electrons. The molecule has 2 aromatic rings. The number of ether oxygens (including phenoxy) is 1. The molecule has 0 aromatic heterocycles. The van der Waals surface area contributed by atoms with Gasteiger partial charge in [0.2, 0.25) is 5.91 Å². The first-order valence-electron chi connectivity index (χ1n) is 8.03. The van der Waals surface area contributed by atoms with E-state index < -0.39 is 11.7 Å². The number of carbonyl (C=O) groups excluding carboxylic acids is 1. The van der Waals surface area contributed by atoms with Gasteiger partial charge in [0.1, 0.15) is 5.75 Å². The maximum atomic E-state index is 12.7. The number of anilines is 1. The van der Waals surface area contributed by atoms with Crippen LogP contribution in [0, 0.1) is 0 Å². The van der Waals surface area contributed by atoms with Crippen LogP contribution in [0.25, 0.3) is 0 Å². The average Bonchev–Trinajstić information content (AvgIpc) is 2.64. The Morgan fingerprint density at radius 1 is 1.19 bits per heavy atom. The Bertz CT molecular complexity index is 762. The van der Waals surface area contributed by atoms with Crippen molar-refractivity contribution in [3.63, 3.8) is 0 Å². The molecule has 0 heterocycles. The standard InChI is InChI=1S/C19H21F3N2O2/c1-13(16-9-4-5-10-17(16)26-3)24(2)18(25)12-23-15-8-6-7-14(11-15)19(20,21)22/h4-11,13,23H,12H2,1-3H3. The molecule has 0 saturated carbocycles. The number of nitrogens with one attached hydrogen (secondary N) is 1. The van der Waals surface area contributed by atoms with Gasteiger partial charge in [0, 0.05) is 18.3 Å².